The van der Waals surface area contributed by atoms with Crippen LogP contribution in [0.4, 0.5) is 5.69 Å². The summed E-state index contributed by atoms with van der Waals surface area (Å²) in [6.07, 6.45) is 1.72. The Hall–Kier alpha value is -2.20. The number of benzene rings is 2. The lowest BCUT2D eigenvalue weighted by molar-refractivity contribution is 0.478. The van der Waals surface area contributed by atoms with Gasteiger partial charge in [0.1, 0.15) is 11.4 Å². The fourth-order valence-electron chi connectivity index (χ4n) is 1.83. The third-order valence-corrected chi connectivity index (χ3v) is 3.58. The lowest BCUT2D eigenvalue weighted by Gasteiger charge is -2.10. The van der Waals surface area contributed by atoms with Crippen molar-refractivity contribution in [2.45, 2.75) is 4.90 Å². The second-order valence-electron chi connectivity index (χ2n) is 4.05. The Morgan fingerprint density at radius 3 is 2.63 bits per heavy atom. The maximum Gasteiger partial charge on any atom is 0.141 e. The Kier molecular flexibility index (Phi) is 3.25. The van der Waals surface area contributed by atoms with Gasteiger partial charge in [0.15, 0.2) is 0 Å². The second kappa shape index (κ2) is 5.20. The molecule has 0 bridgehead atoms. The Morgan fingerprint density at radius 2 is 1.79 bits per heavy atom. The quantitative estimate of drug-likeness (QED) is 0.555. The molecule has 0 unspecified atom stereocenters. The minimum absolute atomic E-state index is 0.203. The summed E-state index contributed by atoms with van der Waals surface area (Å²) >= 11 is 1.45. The van der Waals surface area contributed by atoms with Crippen molar-refractivity contribution in [2.24, 2.45) is 0 Å². The number of aromatic hydroxyl groups is 1. The number of phenols is 1. The van der Waals surface area contributed by atoms with Crippen LogP contribution in [-0.2, 0) is 0 Å². The molecule has 3 rings (SSSR count). The zero-order valence-corrected chi connectivity index (χ0v) is 10.9. The summed E-state index contributed by atoms with van der Waals surface area (Å²) in [5.41, 5.74) is 1.41. The van der Waals surface area contributed by atoms with Crippen LogP contribution < -0.4 is 4.72 Å². The van der Waals surface area contributed by atoms with Crippen LogP contribution in [0.15, 0.2) is 65.7 Å². The summed E-state index contributed by atoms with van der Waals surface area (Å²) in [5, 5.41) is 11.0. The molecule has 0 fully saturated rings. The van der Waals surface area contributed by atoms with Crippen LogP contribution in [0.1, 0.15) is 0 Å². The highest BCUT2D eigenvalue weighted by Crippen LogP contribution is 2.34. The van der Waals surface area contributed by atoms with E-state index in [0.29, 0.717) is 5.69 Å². The summed E-state index contributed by atoms with van der Waals surface area (Å²) in [6, 6.07) is 17.3. The van der Waals surface area contributed by atoms with Crippen molar-refractivity contribution in [2.75, 3.05) is 4.72 Å². The van der Waals surface area contributed by atoms with Gasteiger partial charge in [-0.2, -0.15) is 0 Å². The smallest absolute Gasteiger partial charge is 0.141 e. The summed E-state index contributed by atoms with van der Waals surface area (Å²) in [7, 11) is 0. The third-order valence-electron chi connectivity index (χ3n) is 2.77. The molecular weight excluding hydrogens is 256 g/mol. The van der Waals surface area contributed by atoms with Gasteiger partial charge in [-0.25, -0.2) is 0 Å². The van der Waals surface area contributed by atoms with E-state index in [9.17, 15) is 5.11 Å². The Labute approximate surface area is 115 Å². The van der Waals surface area contributed by atoms with Gasteiger partial charge >= 0.3 is 0 Å². The fourth-order valence-corrected chi connectivity index (χ4v) is 2.55. The molecule has 0 amide bonds. The van der Waals surface area contributed by atoms with E-state index >= 15 is 0 Å². The molecule has 2 N–H and O–H groups in total. The van der Waals surface area contributed by atoms with Crippen LogP contribution >= 0.6 is 11.9 Å². The van der Waals surface area contributed by atoms with Crippen molar-refractivity contribution in [1.29, 1.82) is 0 Å². The molecule has 0 saturated heterocycles. The molecule has 0 aliphatic carbocycles. The van der Waals surface area contributed by atoms with Gasteiger partial charge in [0.25, 0.3) is 0 Å². The number of anilines is 1. The fraction of sp³-hybridized carbons (Fsp3) is 0. The maximum atomic E-state index is 9.97. The third kappa shape index (κ3) is 2.48. The standard InChI is InChI=1S/C15H12N2OS/c18-13-9-8-11-5-4-10-16-14(11)15(13)17-19-12-6-2-1-3-7-12/h1-10,17-18H. The molecule has 1 aromatic heterocycles. The first-order valence-corrected chi connectivity index (χ1v) is 6.71. The Morgan fingerprint density at radius 1 is 0.947 bits per heavy atom. The Balaban J connectivity index is 1.94. The number of aromatic nitrogens is 1. The van der Waals surface area contributed by atoms with Gasteiger partial charge in [0.05, 0.1) is 5.52 Å². The number of phenolic OH excluding ortho intramolecular Hbond substituents is 1. The van der Waals surface area contributed by atoms with E-state index < -0.39 is 0 Å². The number of nitrogens with zero attached hydrogens (tertiary/aromatic N) is 1. The molecule has 0 aliphatic heterocycles. The second-order valence-corrected chi connectivity index (χ2v) is 4.93. The first-order valence-electron chi connectivity index (χ1n) is 5.89. The number of pyridine rings is 1. The van der Waals surface area contributed by atoms with Crippen LogP contribution in [0.25, 0.3) is 10.9 Å². The molecule has 2 aromatic carbocycles. The van der Waals surface area contributed by atoms with E-state index in [-0.39, 0.29) is 5.75 Å². The molecule has 0 saturated carbocycles. The zero-order chi connectivity index (χ0) is 13.1. The monoisotopic (exact) mass is 268 g/mol. The van der Waals surface area contributed by atoms with Gasteiger partial charge in [0, 0.05) is 16.5 Å². The predicted octanol–water partition coefficient (Wildman–Crippen LogP) is 4.06. The van der Waals surface area contributed by atoms with Crippen LogP contribution in [0, 0.1) is 0 Å². The molecule has 19 heavy (non-hydrogen) atoms. The molecule has 0 spiro atoms. The average molecular weight is 268 g/mol. The molecule has 4 heteroatoms. The number of hydrogen-bond donors (Lipinski definition) is 2. The predicted molar refractivity (Wildman–Crippen MR) is 79.3 cm³/mol. The van der Waals surface area contributed by atoms with Gasteiger partial charge in [-0.3, -0.25) is 4.98 Å². The highest BCUT2D eigenvalue weighted by atomic mass is 32.2. The molecule has 0 radical (unpaired) electrons. The minimum Gasteiger partial charge on any atom is -0.506 e. The van der Waals surface area contributed by atoms with Crippen molar-refractivity contribution in [3.8, 4) is 5.75 Å². The highest BCUT2D eigenvalue weighted by molar-refractivity contribution is 8.00. The van der Waals surface area contributed by atoms with Crippen molar-refractivity contribution in [1.82, 2.24) is 4.98 Å². The lowest BCUT2D eigenvalue weighted by atomic mass is 10.2. The maximum absolute atomic E-state index is 9.97. The van der Waals surface area contributed by atoms with Crippen LogP contribution in [0.5, 0.6) is 5.75 Å². The van der Waals surface area contributed by atoms with Gasteiger partial charge in [-0.05, 0) is 42.3 Å². The van der Waals surface area contributed by atoms with Crippen LogP contribution in [0.2, 0.25) is 0 Å². The number of hydrogen-bond acceptors (Lipinski definition) is 4. The molecule has 0 aliphatic rings. The molecule has 94 valence electrons. The first kappa shape index (κ1) is 11.9. The van der Waals surface area contributed by atoms with Gasteiger partial charge in [-0.1, -0.05) is 24.3 Å². The van der Waals surface area contributed by atoms with Crippen molar-refractivity contribution in [3.05, 3.63) is 60.8 Å². The molecule has 3 nitrogen and oxygen atoms in total. The zero-order valence-electron chi connectivity index (χ0n) is 10.1. The topological polar surface area (TPSA) is 45.2 Å². The van der Waals surface area contributed by atoms with E-state index in [1.807, 2.05) is 48.5 Å². The van der Waals surface area contributed by atoms with Gasteiger partial charge in [-0.15, -0.1) is 0 Å². The molecular formula is C15H12N2OS. The summed E-state index contributed by atoms with van der Waals surface area (Å²) < 4.78 is 3.18. The number of fused-ring (bicyclic) bond motifs is 1. The highest BCUT2D eigenvalue weighted by Gasteiger charge is 2.07. The first-order chi connectivity index (χ1) is 9.34. The Bertz CT molecular complexity index is 701. The summed E-state index contributed by atoms with van der Waals surface area (Å²) in [5.74, 6) is 0.203. The molecule has 3 aromatic rings. The van der Waals surface area contributed by atoms with Crippen LogP contribution in [0.3, 0.4) is 0 Å². The summed E-state index contributed by atoms with van der Waals surface area (Å²) in [4.78, 5) is 5.40. The number of nitrogens with one attached hydrogen (secondary N) is 1. The van der Waals surface area contributed by atoms with E-state index in [1.54, 1.807) is 12.3 Å². The van der Waals surface area contributed by atoms with Crippen molar-refractivity contribution < 1.29 is 5.11 Å². The average Bonchev–Trinajstić information content (AvgIpc) is 2.47. The van der Waals surface area contributed by atoms with E-state index in [0.717, 1.165) is 15.8 Å². The van der Waals surface area contributed by atoms with E-state index in [4.69, 9.17) is 0 Å². The summed E-state index contributed by atoms with van der Waals surface area (Å²) in [6.45, 7) is 0. The number of rotatable bonds is 3. The van der Waals surface area contributed by atoms with Crippen LogP contribution in [-0.4, -0.2) is 10.1 Å². The molecule has 0 atom stereocenters. The SMILES string of the molecule is Oc1ccc2cccnc2c1NSc1ccccc1. The van der Waals surface area contributed by atoms with Crippen molar-refractivity contribution >= 4 is 28.5 Å². The normalized spacial score (nSPS) is 10.5. The molecule has 1 heterocycles. The lowest BCUT2D eigenvalue weighted by Crippen LogP contribution is -1.91. The minimum atomic E-state index is 0.203. The largest absolute Gasteiger partial charge is 0.506 e. The van der Waals surface area contributed by atoms with E-state index in [1.165, 1.54) is 11.9 Å². The van der Waals surface area contributed by atoms with E-state index in [2.05, 4.69) is 9.71 Å². The van der Waals surface area contributed by atoms with Crippen molar-refractivity contribution in [3.63, 3.8) is 0 Å². The van der Waals surface area contributed by atoms with Gasteiger partial charge < -0.3 is 9.83 Å². The van der Waals surface area contributed by atoms with Gasteiger partial charge in [0.2, 0.25) is 0 Å².